The summed E-state index contributed by atoms with van der Waals surface area (Å²) in [5.41, 5.74) is -0.209. The Morgan fingerprint density at radius 3 is 2.08 bits per heavy atom. The first-order valence-corrected chi connectivity index (χ1v) is 6.01. The van der Waals surface area contributed by atoms with E-state index in [-0.39, 0.29) is 5.60 Å². The quantitative estimate of drug-likeness (QED) is 0.607. The van der Waals surface area contributed by atoms with E-state index in [0.29, 0.717) is 11.8 Å². The average molecular weight is 180 g/mol. The molecule has 74 valence electrons. The summed E-state index contributed by atoms with van der Waals surface area (Å²) in [6.45, 7) is 0. The summed E-state index contributed by atoms with van der Waals surface area (Å²) in [6.07, 6.45) is 10.6. The van der Waals surface area contributed by atoms with Crippen molar-refractivity contribution in [2.75, 3.05) is 0 Å². The van der Waals surface area contributed by atoms with E-state index in [4.69, 9.17) is 0 Å². The molecule has 3 aliphatic carbocycles. The first kappa shape index (κ1) is 8.28. The van der Waals surface area contributed by atoms with Crippen molar-refractivity contribution in [1.29, 1.82) is 0 Å². The van der Waals surface area contributed by atoms with Crippen molar-refractivity contribution in [3.05, 3.63) is 0 Å². The third kappa shape index (κ3) is 1.09. The summed E-state index contributed by atoms with van der Waals surface area (Å²) < 4.78 is 0. The Morgan fingerprint density at radius 2 is 1.46 bits per heavy atom. The van der Waals surface area contributed by atoms with Gasteiger partial charge in [0.15, 0.2) is 0 Å². The highest BCUT2D eigenvalue weighted by atomic mass is 16.3. The molecule has 0 heterocycles. The van der Waals surface area contributed by atoms with Crippen LogP contribution in [0.4, 0.5) is 0 Å². The predicted octanol–water partition coefficient (Wildman–Crippen LogP) is 2.73. The van der Waals surface area contributed by atoms with Crippen molar-refractivity contribution in [1.82, 2.24) is 0 Å². The highest BCUT2D eigenvalue weighted by Gasteiger charge is 2.51. The molecule has 0 aromatic rings. The molecule has 13 heavy (non-hydrogen) atoms. The Morgan fingerprint density at radius 1 is 0.846 bits per heavy atom. The van der Waals surface area contributed by atoms with Crippen LogP contribution in [0.5, 0.6) is 0 Å². The van der Waals surface area contributed by atoms with Crippen LogP contribution >= 0.6 is 0 Å². The molecule has 1 heteroatoms. The Bertz CT molecular complexity index is 195. The minimum atomic E-state index is -0.209. The molecule has 0 spiro atoms. The molecule has 0 saturated heterocycles. The molecule has 0 aliphatic heterocycles. The van der Waals surface area contributed by atoms with Crippen molar-refractivity contribution >= 4 is 0 Å². The molecular weight excluding hydrogens is 160 g/mol. The molecule has 0 amide bonds. The van der Waals surface area contributed by atoms with Crippen LogP contribution in [0.3, 0.4) is 0 Å². The van der Waals surface area contributed by atoms with Crippen LogP contribution in [0.1, 0.15) is 51.4 Å². The first-order valence-electron chi connectivity index (χ1n) is 6.01. The fourth-order valence-electron chi connectivity index (χ4n) is 4.25. The third-order valence-electron chi connectivity index (χ3n) is 4.98. The minimum Gasteiger partial charge on any atom is -0.389 e. The molecule has 3 saturated carbocycles. The number of hydrogen-bond donors (Lipinski definition) is 1. The van der Waals surface area contributed by atoms with Gasteiger partial charge in [-0.25, -0.2) is 0 Å². The van der Waals surface area contributed by atoms with E-state index in [2.05, 4.69) is 0 Å². The summed E-state index contributed by atoms with van der Waals surface area (Å²) in [5, 5.41) is 10.7. The normalized spacial score (nSPS) is 54.7. The van der Waals surface area contributed by atoms with E-state index in [0.717, 1.165) is 12.3 Å². The molecule has 4 atom stereocenters. The smallest absolute Gasteiger partial charge is 0.0706 e. The molecule has 0 aromatic heterocycles. The van der Waals surface area contributed by atoms with Crippen LogP contribution in [0, 0.1) is 17.8 Å². The molecule has 0 radical (unpaired) electrons. The van der Waals surface area contributed by atoms with Gasteiger partial charge in [-0.3, -0.25) is 0 Å². The van der Waals surface area contributed by atoms with Gasteiger partial charge in [0.05, 0.1) is 5.60 Å². The van der Waals surface area contributed by atoms with Crippen molar-refractivity contribution in [3.8, 4) is 0 Å². The lowest BCUT2D eigenvalue weighted by Gasteiger charge is -2.54. The fraction of sp³-hybridized carbons (Fsp3) is 1.00. The van der Waals surface area contributed by atoms with Crippen molar-refractivity contribution in [3.63, 3.8) is 0 Å². The van der Waals surface area contributed by atoms with Crippen molar-refractivity contribution in [2.45, 2.75) is 57.0 Å². The highest BCUT2D eigenvalue weighted by molar-refractivity contribution is 5.03. The van der Waals surface area contributed by atoms with Crippen LogP contribution in [-0.4, -0.2) is 10.7 Å². The van der Waals surface area contributed by atoms with E-state index < -0.39 is 0 Å². The van der Waals surface area contributed by atoms with Gasteiger partial charge in [-0.05, 0) is 62.7 Å². The number of hydrogen-bond acceptors (Lipinski definition) is 1. The van der Waals surface area contributed by atoms with Crippen molar-refractivity contribution < 1.29 is 5.11 Å². The van der Waals surface area contributed by atoms with Gasteiger partial charge in [0.1, 0.15) is 0 Å². The summed E-state index contributed by atoms with van der Waals surface area (Å²) in [4.78, 5) is 0. The Labute approximate surface area is 80.5 Å². The Hall–Kier alpha value is -0.0400. The van der Waals surface area contributed by atoms with Crippen LogP contribution in [0.15, 0.2) is 0 Å². The topological polar surface area (TPSA) is 20.2 Å². The average Bonchev–Trinajstić information content (AvgIpc) is 2.15. The van der Waals surface area contributed by atoms with E-state index >= 15 is 0 Å². The summed E-state index contributed by atoms with van der Waals surface area (Å²) >= 11 is 0. The molecule has 3 rings (SSSR count). The number of fused-ring (bicyclic) bond motifs is 1. The monoisotopic (exact) mass is 180 g/mol. The second-order valence-electron chi connectivity index (χ2n) is 5.54. The standard InChI is InChI=1S/C12H20O/c13-12-8-9-4-6-10(12)2-1-3-11(12)7-5-9/h9-11,13H,1-8H2/t9?,10-,11?,12?/m0/s1. The lowest BCUT2D eigenvalue weighted by Crippen LogP contribution is -2.54. The van der Waals surface area contributed by atoms with Gasteiger partial charge >= 0.3 is 0 Å². The zero-order valence-electron chi connectivity index (χ0n) is 8.34. The van der Waals surface area contributed by atoms with Gasteiger partial charge in [-0.1, -0.05) is 6.42 Å². The van der Waals surface area contributed by atoms with E-state index in [1.165, 1.54) is 44.9 Å². The zero-order chi connectivity index (χ0) is 8.89. The molecular formula is C12H20O. The lowest BCUT2D eigenvalue weighted by molar-refractivity contribution is -0.154. The molecule has 2 bridgehead atoms. The van der Waals surface area contributed by atoms with Crippen LogP contribution in [-0.2, 0) is 0 Å². The van der Waals surface area contributed by atoms with Crippen LogP contribution in [0.2, 0.25) is 0 Å². The maximum atomic E-state index is 10.7. The molecule has 3 fully saturated rings. The van der Waals surface area contributed by atoms with Gasteiger partial charge in [0.2, 0.25) is 0 Å². The summed E-state index contributed by atoms with van der Waals surface area (Å²) in [7, 11) is 0. The lowest BCUT2D eigenvalue weighted by atomic mass is 9.54. The summed E-state index contributed by atoms with van der Waals surface area (Å²) in [6, 6.07) is 0. The van der Waals surface area contributed by atoms with Crippen LogP contribution < -0.4 is 0 Å². The first-order chi connectivity index (χ1) is 6.29. The third-order valence-corrected chi connectivity index (χ3v) is 4.98. The van der Waals surface area contributed by atoms with E-state index in [1.807, 2.05) is 0 Å². The van der Waals surface area contributed by atoms with Crippen LogP contribution in [0.25, 0.3) is 0 Å². The molecule has 0 aromatic carbocycles. The van der Waals surface area contributed by atoms with Gasteiger partial charge < -0.3 is 5.11 Å². The predicted molar refractivity (Wildman–Crippen MR) is 52.4 cm³/mol. The fourth-order valence-corrected chi connectivity index (χ4v) is 4.25. The second kappa shape index (κ2) is 2.73. The maximum absolute atomic E-state index is 10.7. The molecule has 1 N–H and O–H groups in total. The second-order valence-corrected chi connectivity index (χ2v) is 5.54. The number of rotatable bonds is 0. The number of aliphatic hydroxyl groups is 1. The molecule has 3 aliphatic rings. The van der Waals surface area contributed by atoms with E-state index in [9.17, 15) is 5.11 Å². The molecule has 3 unspecified atom stereocenters. The minimum absolute atomic E-state index is 0.209. The van der Waals surface area contributed by atoms with Crippen molar-refractivity contribution in [2.24, 2.45) is 17.8 Å². The van der Waals surface area contributed by atoms with E-state index in [1.54, 1.807) is 0 Å². The van der Waals surface area contributed by atoms with Gasteiger partial charge in [-0.2, -0.15) is 0 Å². The van der Waals surface area contributed by atoms with Gasteiger partial charge in [-0.15, -0.1) is 0 Å². The maximum Gasteiger partial charge on any atom is 0.0706 e. The van der Waals surface area contributed by atoms with Gasteiger partial charge in [0, 0.05) is 0 Å². The summed E-state index contributed by atoms with van der Waals surface area (Å²) in [5.74, 6) is 2.21. The largest absolute Gasteiger partial charge is 0.389 e. The highest BCUT2D eigenvalue weighted by Crippen LogP contribution is 2.54. The molecule has 1 nitrogen and oxygen atoms in total. The Balaban J connectivity index is 1.92. The van der Waals surface area contributed by atoms with Gasteiger partial charge in [0.25, 0.3) is 0 Å². The zero-order valence-corrected chi connectivity index (χ0v) is 8.34. The SMILES string of the molecule is OC12CC3CCC1CCC[C@H]2CC3. The Kier molecular flexibility index (Phi) is 1.74.